The van der Waals surface area contributed by atoms with Gasteiger partial charge in [0.15, 0.2) is 0 Å². The maximum absolute atomic E-state index is 12.5. The van der Waals surface area contributed by atoms with E-state index in [-0.39, 0.29) is 5.91 Å². The lowest BCUT2D eigenvalue weighted by atomic mass is 10.0. The summed E-state index contributed by atoms with van der Waals surface area (Å²) in [6, 6.07) is 27.2. The molecule has 0 saturated heterocycles. The summed E-state index contributed by atoms with van der Waals surface area (Å²) in [5.41, 5.74) is 4.98. The molecule has 4 aromatic rings. The van der Waals surface area contributed by atoms with Gasteiger partial charge in [-0.15, -0.1) is 0 Å². The minimum atomic E-state index is -0.290. The van der Waals surface area contributed by atoms with E-state index in [1.165, 1.54) is 0 Å². The summed E-state index contributed by atoms with van der Waals surface area (Å²) in [5, 5.41) is 6.27. The highest BCUT2D eigenvalue weighted by atomic mass is 79.9. The molecule has 4 aromatic carbocycles. The van der Waals surface area contributed by atoms with Crippen LogP contribution in [-0.4, -0.2) is 12.1 Å². The standard InChI is InChI=1S/C25H18Br2N2O2/c26-19-12-9-17(10-13-19)16-31-24-14-11-18-5-1-2-6-20(18)22(24)15-28-29-25(30)21-7-3-4-8-23(21)27/h1-15H,16H2,(H,29,30)/b28-15+. The maximum atomic E-state index is 12.5. The molecule has 0 atom stereocenters. The van der Waals surface area contributed by atoms with Crippen LogP contribution in [0.3, 0.4) is 0 Å². The molecule has 0 aliphatic heterocycles. The number of nitrogens with zero attached hydrogens (tertiary/aromatic N) is 1. The summed E-state index contributed by atoms with van der Waals surface area (Å²) in [4.78, 5) is 12.5. The van der Waals surface area contributed by atoms with Gasteiger partial charge in [0.1, 0.15) is 12.4 Å². The highest BCUT2D eigenvalue weighted by Crippen LogP contribution is 2.27. The quantitative estimate of drug-likeness (QED) is 0.219. The predicted octanol–water partition coefficient (Wildman–Crippen LogP) is 6.71. The van der Waals surface area contributed by atoms with Crippen LogP contribution in [0, 0.1) is 0 Å². The number of carbonyl (C=O) groups is 1. The minimum absolute atomic E-state index is 0.290. The van der Waals surface area contributed by atoms with Crippen molar-refractivity contribution in [2.24, 2.45) is 5.10 Å². The topological polar surface area (TPSA) is 50.7 Å². The van der Waals surface area contributed by atoms with E-state index in [2.05, 4.69) is 42.4 Å². The molecule has 0 aromatic heterocycles. The van der Waals surface area contributed by atoms with Crippen LogP contribution in [0.15, 0.2) is 99.0 Å². The number of hydrogen-bond donors (Lipinski definition) is 1. The monoisotopic (exact) mass is 536 g/mol. The van der Waals surface area contributed by atoms with Crippen LogP contribution in [0.2, 0.25) is 0 Å². The van der Waals surface area contributed by atoms with Crippen molar-refractivity contribution < 1.29 is 9.53 Å². The third kappa shape index (κ3) is 5.21. The molecule has 0 radical (unpaired) electrons. The van der Waals surface area contributed by atoms with Gasteiger partial charge in [0, 0.05) is 14.5 Å². The van der Waals surface area contributed by atoms with Crippen LogP contribution in [0.4, 0.5) is 0 Å². The van der Waals surface area contributed by atoms with Gasteiger partial charge in [-0.2, -0.15) is 5.10 Å². The summed E-state index contributed by atoms with van der Waals surface area (Å²) >= 11 is 6.84. The van der Waals surface area contributed by atoms with Crippen LogP contribution < -0.4 is 10.2 Å². The second kappa shape index (κ2) is 9.90. The number of amides is 1. The molecule has 0 heterocycles. The van der Waals surface area contributed by atoms with Crippen LogP contribution >= 0.6 is 31.9 Å². The Labute approximate surface area is 197 Å². The van der Waals surface area contributed by atoms with Gasteiger partial charge in [-0.05, 0) is 62.6 Å². The minimum Gasteiger partial charge on any atom is -0.488 e. The molecule has 154 valence electrons. The Morgan fingerprint density at radius 2 is 1.65 bits per heavy atom. The number of rotatable bonds is 6. The summed E-state index contributed by atoms with van der Waals surface area (Å²) in [7, 11) is 0. The van der Waals surface area contributed by atoms with Crippen molar-refractivity contribution in [2.45, 2.75) is 6.61 Å². The first-order chi connectivity index (χ1) is 15.1. The molecule has 0 saturated carbocycles. The van der Waals surface area contributed by atoms with Crippen molar-refractivity contribution in [1.82, 2.24) is 5.43 Å². The van der Waals surface area contributed by atoms with E-state index < -0.39 is 0 Å². The highest BCUT2D eigenvalue weighted by molar-refractivity contribution is 9.10. The summed E-state index contributed by atoms with van der Waals surface area (Å²) < 4.78 is 7.84. The van der Waals surface area contributed by atoms with Gasteiger partial charge in [0.2, 0.25) is 0 Å². The van der Waals surface area contributed by atoms with E-state index in [1.807, 2.05) is 78.9 Å². The molecule has 31 heavy (non-hydrogen) atoms. The van der Waals surface area contributed by atoms with Crippen molar-refractivity contribution >= 4 is 54.8 Å². The fraction of sp³-hybridized carbons (Fsp3) is 0.0400. The van der Waals surface area contributed by atoms with Crippen molar-refractivity contribution in [1.29, 1.82) is 0 Å². The molecule has 1 N–H and O–H groups in total. The van der Waals surface area contributed by atoms with Crippen molar-refractivity contribution in [3.63, 3.8) is 0 Å². The first-order valence-electron chi connectivity index (χ1n) is 9.59. The second-order valence-electron chi connectivity index (χ2n) is 6.79. The molecule has 0 spiro atoms. The van der Waals surface area contributed by atoms with E-state index in [4.69, 9.17) is 4.74 Å². The van der Waals surface area contributed by atoms with Gasteiger partial charge >= 0.3 is 0 Å². The number of carbonyl (C=O) groups excluding carboxylic acids is 1. The van der Waals surface area contributed by atoms with Crippen molar-refractivity contribution in [3.8, 4) is 5.75 Å². The van der Waals surface area contributed by atoms with Gasteiger partial charge in [-0.3, -0.25) is 4.79 Å². The molecular formula is C25H18Br2N2O2. The van der Waals surface area contributed by atoms with E-state index in [0.717, 1.165) is 26.4 Å². The van der Waals surface area contributed by atoms with Gasteiger partial charge in [0.05, 0.1) is 11.8 Å². The maximum Gasteiger partial charge on any atom is 0.272 e. The van der Waals surface area contributed by atoms with Gasteiger partial charge in [0.25, 0.3) is 5.91 Å². The fourth-order valence-corrected chi connectivity index (χ4v) is 3.87. The molecule has 0 aliphatic rings. The lowest BCUT2D eigenvalue weighted by molar-refractivity contribution is 0.0954. The number of hydrogen-bond acceptors (Lipinski definition) is 3. The molecule has 6 heteroatoms. The SMILES string of the molecule is O=C(N/N=C/c1c(OCc2ccc(Br)cc2)ccc2ccccc12)c1ccccc1Br. The zero-order chi connectivity index (χ0) is 21.6. The third-order valence-electron chi connectivity index (χ3n) is 4.72. The van der Waals surface area contributed by atoms with Gasteiger partial charge in [-0.25, -0.2) is 5.43 Å². The first-order valence-corrected chi connectivity index (χ1v) is 11.2. The zero-order valence-corrected chi connectivity index (χ0v) is 19.6. The van der Waals surface area contributed by atoms with Crippen molar-refractivity contribution in [2.75, 3.05) is 0 Å². The molecule has 0 fully saturated rings. The number of halogens is 2. The first kappa shape index (κ1) is 21.3. The highest BCUT2D eigenvalue weighted by Gasteiger charge is 2.10. The Hall–Kier alpha value is -2.96. The van der Waals surface area contributed by atoms with Gasteiger partial charge in [-0.1, -0.05) is 70.5 Å². The Bertz CT molecular complexity index is 1250. The number of nitrogens with one attached hydrogen (secondary N) is 1. The van der Waals surface area contributed by atoms with Gasteiger partial charge < -0.3 is 4.74 Å². The van der Waals surface area contributed by atoms with E-state index >= 15 is 0 Å². The Kier molecular flexibility index (Phi) is 6.79. The molecular weight excluding hydrogens is 520 g/mol. The Morgan fingerprint density at radius 1 is 0.903 bits per heavy atom. The zero-order valence-electron chi connectivity index (χ0n) is 16.4. The number of hydrazone groups is 1. The number of benzene rings is 4. The fourth-order valence-electron chi connectivity index (χ4n) is 3.14. The van der Waals surface area contributed by atoms with E-state index in [0.29, 0.717) is 22.4 Å². The van der Waals surface area contributed by atoms with Crippen LogP contribution in [0.25, 0.3) is 10.8 Å². The van der Waals surface area contributed by atoms with E-state index in [1.54, 1.807) is 12.3 Å². The molecule has 4 nitrogen and oxygen atoms in total. The smallest absolute Gasteiger partial charge is 0.272 e. The molecule has 0 bridgehead atoms. The van der Waals surface area contributed by atoms with Crippen LogP contribution in [0.5, 0.6) is 5.75 Å². The lowest BCUT2D eigenvalue weighted by Crippen LogP contribution is -2.18. The Morgan fingerprint density at radius 3 is 2.45 bits per heavy atom. The number of fused-ring (bicyclic) bond motifs is 1. The van der Waals surface area contributed by atoms with E-state index in [9.17, 15) is 4.79 Å². The Balaban J connectivity index is 1.59. The average molecular weight is 538 g/mol. The molecule has 0 aliphatic carbocycles. The molecule has 4 rings (SSSR count). The summed E-state index contributed by atoms with van der Waals surface area (Å²) in [6.07, 6.45) is 1.63. The predicted molar refractivity (Wildman–Crippen MR) is 132 cm³/mol. The van der Waals surface area contributed by atoms with Crippen LogP contribution in [-0.2, 0) is 6.61 Å². The van der Waals surface area contributed by atoms with Crippen molar-refractivity contribution in [3.05, 3.63) is 111 Å². The number of ether oxygens (including phenoxy) is 1. The third-order valence-corrected chi connectivity index (χ3v) is 5.94. The van der Waals surface area contributed by atoms with Crippen LogP contribution in [0.1, 0.15) is 21.5 Å². The molecule has 0 unspecified atom stereocenters. The normalized spacial score (nSPS) is 11.0. The largest absolute Gasteiger partial charge is 0.488 e. The average Bonchev–Trinajstić information content (AvgIpc) is 2.79. The lowest BCUT2D eigenvalue weighted by Gasteiger charge is -2.12. The second-order valence-corrected chi connectivity index (χ2v) is 8.56. The molecule has 1 amide bonds. The summed E-state index contributed by atoms with van der Waals surface area (Å²) in [5.74, 6) is 0.404. The summed E-state index contributed by atoms with van der Waals surface area (Å²) in [6.45, 7) is 0.426.